The summed E-state index contributed by atoms with van der Waals surface area (Å²) in [6, 6.07) is -0.127. The van der Waals surface area contributed by atoms with E-state index in [0.717, 1.165) is 0 Å². The lowest BCUT2D eigenvalue weighted by atomic mass is 10.3. The van der Waals surface area contributed by atoms with Crippen molar-refractivity contribution in [3.05, 3.63) is 12.1 Å². The molecule has 0 bridgehead atoms. The van der Waals surface area contributed by atoms with Gasteiger partial charge in [0, 0.05) is 1.37 Å². The lowest BCUT2D eigenvalue weighted by Gasteiger charge is -1.89. The molecule has 1 aliphatic rings. The number of rotatable bonds is 0. The first-order valence-electron chi connectivity index (χ1n) is 3.48. The van der Waals surface area contributed by atoms with Crippen molar-refractivity contribution in [2.75, 3.05) is 0 Å². The summed E-state index contributed by atoms with van der Waals surface area (Å²) in [5.41, 5.74) is 0. The van der Waals surface area contributed by atoms with E-state index in [1.165, 1.54) is 0 Å². The van der Waals surface area contributed by atoms with Crippen LogP contribution in [-0.4, -0.2) is 11.2 Å². The quantitative estimate of drug-likeness (QED) is 0.431. The zero-order valence-electron chi connectivity index (χ0n) is 6.31. The van der Waals surface area contributed by atoms with Crippen molar-refractivity contribution >= 4 is 0 Å². The van der Waals surface area contributed by atoms with E-state index >= 15 is 0 Å². The van der Waals surface area contributed by atoms with Gasteiger partial charge in [-0.2, -0.15) is 0 Å². The van der Waals surface area contributed by atoms with E-state index in [4.69, 9.17) is 9.22 Å². The van der Waals surface area contributed by atoms with E-state index in [1.807, 2.05) is 0 Å². The molecule has 0 amide bonds. The zero-order chi connectivity index (χ0) is 7.02. The van der Waals surface area contributed by atoms with Crippen molar-refractivity contribution in [3.8, 4) is 0 Å². The minimum absolute atomic E-state index is 0.0394. The van der Waals surface area contributed by atoms with Gasteiger partial charge in [-0.15, -0.1) is 0 Å². The van der Waals surface area contributed by atoms with E-state index < -0.39 is 12.5 Å². The van der Waals surface area contributed by atoms with E-state index in [9.17, 15) is 0 Å². The van der Waals surface area contributed by atoms with Crippen LogP contribution in [0.4, 0.5) is 0 Å². The predicted molar refractivity (Wildman–Crippen MR) is 24.4 cm³/mol. The van der Waals surface area contributed by atoms with Crippen LogP contribution in [0.15, 0.2) is 12.1 Å². The van der Waals surface area contributed by atoms with Gasteiger partial charge in [-0.1, -0.05) is 12.1 Å². The number of hydrogen-bond donors (Lipinski definition) is 1. The lowest BCUT2D eigenvalue weighted by Crippen LogP contribution is -1.93. The average molecular weight is 87.1 g/mol. The second-order valence-corrected chi connectivity index (χ2v) is 1.24. The first kappa shape index (κ1) is 1.66. The molecule has 0 fully saturated rings. The van der Waals surface area contributed by atoms with Gasteiger partial charge < -0.3 is 5.11 Å². The van der Waals surface area contributed by atoms with Crippen molar-refractivity contribution in [3.63, 3.8) is 0 Å². The average Bonchev–Trinajstić information content (AvgIpc) is 1.98. The molecular formula is C5H8O. The van der Waals surface area contributed by atoms with Crippen LogP contribution in [0, 0.1) is 0 Å². The number of hydrogen-bond acceptors (Lipinski definition) is 1. The maximum absolute atomic E-state index is 8.85. The Labute approximate surface area is 41.5 Å². The highest BCUT2D eigenvalue weighted by atomic mass is 16.3. The molecule has 0 aromatic rings. The van der Waals surface area contributed by atoms with Gasteiger partial charge in [0.25, 0.3) is 0 Å². The summed E-state index contributed by atoms with van der Waals surface area (Å²) in [5.74, 6) is 0. The third kappa shape index (κ3) is 0.601. The lowest BCUT2D eigenvalue weighted by molar-refractivity contribution is 0.223. The van der Waals surface area contributed by atoms with E-state index in [2.05, 4.69) is 0 Å². The molecule has 34 valence electrons. The van der Waals surface area contributed by atoms with Crippen LogP contribution in [0.25, 0.3) is 0 Å². The van der Waals surface area contributed by atoms with Crippen LogP contribution in [0.1, 0.15) is 16.9 Å². The molecular weight excluding hydrogens is 76.1 g/mol. The third-order valence-corrected chi connectivity index (χ3v) is 0.693. The molecule has 6 heavy (non-hydrogen) atoms. The minimum atomic E-state index is -0.861. The van der Waals surface area contributed by atoms with Gasteiger partial charge in [-0.25, -0.2) is 0 Å². The largest absolute Gasteiger partial charge is 0.389 e. The molecule has 0 aromatic heterocycles. The highest BCUT2D eigenvalue weighted by molar-refractivity contribution is 4.95. The number of aliphatic hydroxyl groups is 1. The predicted octanol–water partition coefficient (Wildman–Crippen LogP) is 0.697. The monoisotopic (exact) mass is 87.1 g/mol. The summed E-state index contributed by atoms with van der Waals surface area (Å²) in [7, 11) is 0. The van der Waals surface area contributed by atoms with Crippen molar-refractivity contribution in [1.82, 2.24) is 0 Å². The van der Waals surface area contributed by atoms with E-state index in [0.29, 0.717) is 0 Å². The van der Waals surface area contributed by atoms with Crippen LogP contribution < -0.4 is 0 Å². The molecule has 1 aliphatic carbocycles. The summed E-state index contributed by atoms with van der Waals surface area (Å²) < 4.78 is 21.1. The molecule has 0 aliphatic heterocycles. The molecule has 1 rings (SSSR count). The summed E-state index contributed by atoms with van der Waals surface area (Å²) in [4.78, 5) is 0. The molecule has 0 aromatic carbocycles. The Balaban J connectivity index is 2.79. The molecule has 0 saturated heterocycles. The van der Waals surface area contributed by atoms with Crippen molar-refractivity contribution < 1.29 is 9.22 Å². The Morgan fingerprint density at radius 1 is 2.17 bits per heavy atom. The molecule has 1 nitrogen and oxygen atoms in total. The van der Waals surface area contributed by atoms with Gasteiger partial charge in [0.05, 0.1) is 8.85 Å². The smallest absolute Gasteiger partial charge is 0.0723 e. The molecule has 0 heterocycles. The fourth-order valence-corrected chi connectivity index (χ4v) is 0.385. The molecule has 2 unspecified atom stereocenters. The van der Waals surface area contributed by atoms with Gasteiger partial charge in [-0.3, -0.25) is 0 Å². The Kier molecular flexibility index (Phi) is 0.397. The van der Waals surface area contributed by atoms with Crippen LogP contribution >= 0.6 is 0 Å². The maximum atomic E-state index is 8.85. The molecule has 1 heteroatoms. The summed E-state index contributed by atoms with van der Waals surface area (Å²) >= 11 is 0. The van der Waals surface area contributed by atoms with Crippen LogP contribution in [0.5, 0.6) is 0 Å². The molecule has 1 N–H and O–H groups in total. The van der Waals surface area contributed by atoms with Gasteiger partial charge in [0.1, 0.15) is 0 Å². The molecule has 2 atom stereocenters. The number of aliphatic hydroxyl groups excluding tert-OH is 1. The summed E-state index contributed by atoms with van der Waals surface area (Å²) in [5, 5.41) is 8.85. The minimum Gasteiger partial charge on any atom is -0.389 e. The Morgan fingerprint density at radius 3 is 3.17 bits per heavy atom. The number of allylic oxidation sites excluding steroid dienone is 1. The maximum Gasteiger partial charge on any atom is 0.0723 e. The second kappa shape index (κ2) is 1.43. The Morgan fingerprint density at radius 2 is 3.00 bits per heavy atom. The van der Waals surface area contributed by atoms with Crippen molar-refractivity contribution in [1.29, 1.82) is 0 Å². The summed E-state index contributed by atoms with van der Waals surface area (Å²) in [6.45, 7) is 0. The Bertz CT molecular complexity index is 138. The summed E-state index contributed by atoms with van der Waals surface area (Å²) in [6.07, 6.45) is -1.31. The molecule has 0 spiro atoms. The van der Waals surface area contributed by atoms with Gasteiger partial charge in [0.2, 0.25) is 0 Å². The first-order chi connectivity index (χ1) is 4.13. The van der Waals surface area contributed by atoms with Gasteiger partial charge >= 0.3 is 0 Å². The Hall–Kier alpha value is -0.300. The van der Waals surface area contributed by atoms with Crippen LogP contribution in [0.2, 0.25) is 0 Å². The topological polar surface area (TPSA) is 20.2 Å². The van der Waals surface area contributed by atoms with E-state index in [1.54, 1.807) is 0 Å². The van der Waals surface area contributed by atoms with E-state index in [-0.39, 0.29) is 18.5 Å². The SMILES string of the molecule is [2H]C1=C([2H])C(O)CC1[2H]. The zero-order valence-corrected chi connectivity index (χ0v) is 3.31. The fraction of sp³-hybridized carbons (Fsp3) is 0.600. The highest BCUT2D eigenvalue weighted by Crippen LogP contribution is 2.06. The standard InChI is InChI=1S/C5H8O/c6-5-3-1-2-4-5/h1,3,5-6H,2,4H2/i1D,2D,3D. The van der Waals surface area contributed by atoms with Crippen molar-refractivity contribution in [2.24, 2.45) is 0 Å². The first-order valence-corrected chi connectivity index (χ1v) is 1.90. The second-order valence-electron chi connectivity index (χ2n) is 1.24. The van der Waals surface area contributed by atoms with Gasteiger partial charge in [-0.05, 0) is 12.8 Å². The van der Waals surface area contributed by atoms with Crippen LogP contribution in [0.3, 0.4) is 0 Å². The molecule has 0 saturated carbocycles. The van der Waals surface area contributed by atoms with Gasteiger partial charge in [0.15, 0.2) is 0 Å². The normalized spacial score (nSPS) is 54.5. The fourth-order valence-electron chi connectivity index (χ4n) is 0.385. The molecule has 0 radical (unpaired) electrons. The highest BCUT2D eigenvalue weighted by Gasteiger charge is 2.00. The van der Waals surface area contributed by atoms with Crippen molar-refractivity contribution in [2.45, 2.75) is 18.9 Å². The van der Waals surface area contributed by atoms with Crippen LogP contribution in [-0.2, 0) is 0 Å². The third-order valence-electron chi connectivity index (χ3n) is 0.693.